The fourth-order valence-electron chi connectivity index (χ4n) is 2.27. The van der Waals surface area contributed by atoms with Crippen molar-refractivity contribution in [3.8, 4) is 22.3 Å². The van der Waals surface area contributed by atoms with Gasteiger partial charge in [0.05, 0.1) is 25.3 Å². The molecule has 0 unspecified atom stereocenters. The number of rotatable bonds is 7. The minimum atomic E-state index is -0.744. The van der Waals surface area contributed by atoms with E-state index in [9.17, 15) is 25.3 Å². The van der Waals surface area contributed by atoms with Crippen LogP contribution in [-0.2, 0) is 7.05 Å². The van der Waals surface area contributed by atoms with Crippen LogP contribution in [0.25, 0.3) is 10.8 Å². The number of ether oxygens (including phenoxy) is 1. The molecule has 0 saturated carbocycles. The molecule has 15 heteroatoms. The summed E-state index contributed by atoms with van der Waals surface area (Å²) in [5, 5.41) is 44.0. The van der Waals surface area contributed by atoms with Gasteiger partial charge in [-0.3, -0.25) is 15.5 Å². The highest BCUT2D eigenvalue weighted by Crippen LogP contribution is 2.36. The first-order valence-corrected chi connectivity index (χ1v) is 8.48. The number of aromatic hydroxyl groups is 1. The van der Waals surface area contributed by atoms with Gasteiger partial charge in [-0.15, -0.1) is 10.2 Å². The van der Waals surface area contributed by atoms with Crippen LogP contribution in [0.1, 0.15) is 5.56 Å². The lowest BCUT2D eigenvalue weighted by molar-refractivity contribution is -0.391. The van der Waals surface area contributed by atoms with Crippen LogP contribution in [-0.4, -0.2) is 48.0 Å². The molecular weight excluding hydrogens is 408 g/mol. The smallest absolute Gasteiger partial charge is 0.342 e. The van der Waals surface area contributed by atoms with Crippen LogP contribution in [0.5, 0.6) is 11.5 Å². The highest BCUT2D eigenvalue weighted by molar-refractivity contribution is 7.18. The number of hydrogen-bond acceptors (Lipinski definition) is 12. The predicted molar refractivity (Wildman–Crippen MR) is 101 cm³/mol. The van der Waals surface area contributed by atoms with Crippen molar-refractivity contribution < 1.29 is 19.7 Å². The van der Waals surface area contributed by atoms with Crippen LogP contribution in [0.4, 0.5) is 16.6 Å². The maximum atomic E-state index is 11.0. The number of anilines is 1. The van der Waals surface area contributed by atoms with Crippen molar-refractivity contribution in [3.05, 3.63) is 44.1 Å². The monoisotopic (exact) mass is 420 g/mol. The molecule has 2 heterocycles. The molecule has 0 aliphatic heterocycles. The number of nitro benzene ring substituents is 1. The Balaban J connectivity index is 1.78. The SMILES string of the molecule is COc1cc(/C=N/Nc2nnc(-c3ncc([N+](=O)[O-])n3C)s2)cc([N+](=O)[O-])c1O. The van der Waals surface area contributed by atoms with Gasteiger partial charge < -0.3 is 20.0 Å². The van der Waals surface area contributed by atoms with E-state index in [0.29, 0.717) is 10.6 Å². The standard InChI is InChI=1S/C14H12N8O6S/c1-20-10(22(26)27)6-15-12(20)13-17-19-14(29-13)18-16-5-7-3-8(21(24)25)11(23)9(4-7)28-2/h3-6,23H,1-2H3,(H,18,19)/b16-5+. The zero-order chi connectivity index (χ0) is 21.1. The molecule has 1 aromatic carbocycles. The van der Waals surface area contributed by atoms with Gasteiger partial charge in [-0.05, 0) is 11.0 Å². The van der Waals surface area contributed by atoms with Gasteiger partial charge in [-0.1, -0.05) is 11.3 Å². The Labute approximate surface area is 165 Å². The van der Waals surface area contributed by atoms with E-state index in [-0.39, 0.29) is 22.5 Å². The van der Waals surface area contributed by atoms with Gasteiger partial charge >= 0.3 is 11.5 Å². The van der Waals surface area contributed by atoms with E-state index < -0.39 is 21.3 Å². The number of benzene rings is 1. The van der Waals surface area contributed by atoms with Crippen LogP contribution >= 0.6 is 11.3 Å². The van der Waals surface area contributed by atoms with Crippen molar-refractivity contribution in [2.24, 2.45) is 12.1 Å². The summed E-state index contributed by atoms with van der Waals surface area (Å²) in [6.07, 6.45) is 2.38. The van der Waals surface area contributed by atoms with Crippen molar-refractivity contribution >= 4 is 34.2 Å². The van der Waals surface area contributed by atoms with E-state index in [2.05, 4.69) is 25.7 Å². The highest BCUT2D eigenvalue weighted by Gasteiger charge is 2.22. The molecule has 0 fully saturated rings. The molecule has 0 spiro atoms. The Morgan fingerprint density at radius 1 is 1.31 bits per heavy atom. The summed E-state index contributed by atoms with van der Waals surface area (Å²) in [6, 6.07) is 2.49. The van der Waals surface area contributed by atoms with Gasteiger partial charge in [0.15, 0.2) is 5.75 Å². The average molecular weight is 420 g/mol. The van der Waals surface area contributed by atoms with Crippen molar-refractivity contribution in [1.29, 1.82) is 0 Å². The maximum Gasteiger partial charge on any atom is 0.342 e. The number of hydrazone groups is 1. The van der Waals surface area contributed by atoms with Crippen LogP contribution in [0, 0.1) is 20.2 Å². The topological polar surface area (TPSA) is 184 Å². The Morgan fingerprint density at radius 2 is 2.07 bits per heavy atom. The lowest BCUT2D eigenvalue weighted by Crippen LogP contribution is -1.98. The van der Waals surface area contributed by atoms with Crippen LogP contribution < -0.4 is 10.2 Å². The van der Waals surface area contributed by atoms with Crippen LogP contribution in [0.3, 0.4) is 0 Å². The van der Waals surface area contributed by atoms with E-state index in [4.69, 9.17) is 4.74 Å². The average Bonchev–Trinajstić information content (AvgIpc) is 3.28. The molecule has 0 atom stereocenters. The summed E-state index contributed by atoms with van der Waals surface area (Å²) in [7, 11) is 2.75. The number of nitro groups is 2. The third kappa shape index (κ3) is 3.93. The predicted octanol–water partition coefficient (Wildman–Crippen LogP) is 1.92. The Bertz CT molecular complexity index is 1120. The molecule has 0 bridgehead atoms. The number of nitrogens with one attached hydrogen (secondary N) is 1. The summed E-state index contributed by atoms with van der Waals surface area (Å²) in [5.41, 5.74) is 2.37. The van der Waals surface area contributed by atoms with Gasteiger partial charge in [0, 0.05) is 11.6 Å². The van der Waals surface area contributed by atoms with E-state index in [1.807, 2.05) is 0 Å². The maximum absolute atomic E-state index is 11.0. The number of phenols is 1. The van der Waals surface area contributed by atoms with Crippen molar-refractivity contribution in [2.45, 2.75) is 0 Å². The molecular formula is C14H12N8O6S. The molecule has 0 aliphatic carbocycles. The van der Waals surface area contributed by atoms with Gasteiger partial charge in [-0.25, -0.2) is 9.55 Å². The normalized spacial score (nSPS) is 11.0. The number of hydrogen-bond donors (Lipinski definition) is 2. The molecule has 3 aromatic rings. The molecule has 0 aliphatic rings. The molecule has 14 nitrogen and oxygen atoms in total. The second-order valence-corrected chi connectivity index (χ2v) is 6.36. The Morgan fingerprint density at radius 3 is 2.69 bits per heavy atom. The summed E-state index contributed by atoms with van der Waals surface area (Å²) in [4.78, 5) is 24.6. The summed E-state index contributed by atoms with van der Waals surface area (Å²) in [6.45, 7) is 0. The summed E-state index contributed by atoms with van der Waals surface area (Å²) >= 11 is 1.05. The third-order valence-corrected chi connectivity index (χ3v) is 4.46. The lowest BCUT2D eigenvalue weighted by atomic mass is 10.2. The first-order chi connectivity index (χ1) is 13.8. The van der Waals surface area contributed by atoms with Gasteiger partial charge in [-0.2, -0.15) is 5.10 Å². The second-order valence-electron chi connectivity index (χ2n) is 5.39. The van der Waals surface area contributed by atoms with Crippen molar-refractivity contribution in [3.63, 3.8) is 0 Å². The Hall–Kier alpha value is -4.14. The summed E-state index contributed by atoms with van der Waals surface area (Å²) < 4.78 is 6.18. The zero-order valence-corrected chi connectivity index (χ0v) is 15.7. The first kappa shape index (κ1) is 19.6. The molecule has 2 N–H and O–H groups in total. The zero-order valence-electron chi connectivity index (χ0n) is 14.8. The molecule has 0 radical (unpaired) electrons. The fraction of sp³-hybridized carbons (Fsp3) is 0.143. The molecule has 29 heavy (non-hydrogen) atoms. The van der Waals surface area contributed by atoms with Gasteiger partial charge in [0.1, 0.15) is 6.20 Å². The number of nitrogens with zero attached hydrogens (tertiary/aromatic N) is 7. The molecule has 0 saturated heterocycles. The van der Waals surface area contributed by atoms with E-state index in [1.165, 1.54) is 31.0 Å². The van der Waals surface area contributed by atoms with E-state index in [0.717, 1.165) is 23.6 Å². The first-order valence-electron chi connectivity index (χ1n) is 7.66. The molecule has 150 valence electrons. The van der Waals surface area contributed by atoms with Gasteiger partial charge in [0.2, 0.25) is 15.9 Å². The third-order valence-electron chi connectivity index (χ3n) is 3.63. The summed E-state index contributed by atoms with van der Waals surface area (Å²) in [5.74, 6) is -0.577. The van der Waals surface area contributed by atoms with E-state index >= 15 is 0 Å². The van der Waals surface area contributed by atoms with Gasteiger partial charge in [0.25, 0.3) is 5.82 Å². The minimum Gasteiger partial charge on any atom is -0.500 e. The van der Waals surface area contributed by atoms with E-state index in [1.54, 1.807) is 0 Å². The van der Waals surface area contributed by atoms with Crippen LogP contribution in [0.15, 0.2) is 23.4 Å². The molecule has 0 amide bonds. The quantitative estimate of drug-likeness (QED) is 0.325. The number of methoxy groups -OCH3 is 1. The largest absolute Gasteiger partial charge is 0.500 e. The number of phenolic OH excluding ortho intramolecular Hbond substituents is 1. The molecule has 2 aromatic heterocycles. The minimum absolute atomic E-state index is 0.0739. The molecule has 3 rings (SSSR count). The number of aromatic nitrogens is 4. The van der Waals surface area contributed by atoms with Crippen molar-refractivity contribution in [1.82, 2.24) is 19.7 Å². The Kier molecular flexibility index (Phi) is 5.31. The second kappa shape index (κ2) is 7.85. The highest BCUT2D eigenvalue weighted by atomic mass is 32.1. The number of imidazole rings is 1. The van der Waals surface area contributed by atoms with Crippen LogP contribution in [0.2, 0.25) is 0 Å². The fourth-order valence-corrected chi connectivity index (χ4v) is 3.00. The lowest BCUT2D eigenvalue weighted by Gasteiger charge is -2.04. The van der Waals surface area contributed by atoms with Crippen molar-refractivity contribution in [2.75, 3.05) is 12.5 Å².